The van der Waals surface area contributed by atoms with Gasteiger partial charge in [-0.2, -0.15) is 0 Å². The normalized spacial score (nSPS) is 28.9. The summed E-state index contributed by atoms with van der Waals surface area (Å²) in [6.45, 7) is 4.69. The van der Waals surface area contributed by atoms with E-state index in [-0.39, 0.29) is 6.04 Å². The highest BCUT2D eigenvalue weighted by Crippen LogP contribution is 2.33. The highest BCUT2D eigenvalue weighted by Gasteiger charge is 2.29. The number of fused-ring (bicyclic) bond motifs is 1. The zero-order valence-corrected chi connectivity index (χ0v) is 12.7. The molecule has 110 valence electrons. The second kappa shape index (κ2) is 5.37. The Morgan fingerprint density at radius 1 is 1.35 bits per heavy atom. The number of benzene rings is 1. The molecule has 1 fully saturated rings. The van der Waals surface area contributed by atoms with Crippen LogP contribution in [0.25, 0.3) is 0 Å². The molecule has 2 aliphatic rings. The molecule has 3 rings (SSSR count). The van der Waals surface area contributed by atoms with Gasteiger partial charge in [0.05, 0.1) is 11.5 Å². The van der Waals surface area contributed by atoms with Crippen molar-refractivity contribution in [1.29, 1.82) is 0 Å². The lowest BCUT2D eigenvalue weighted by Crippen LogP contribution is -2.47. The zero-order chi connectivity index (χ0) is 14.2. The van der Waals surface area contributed by atoms with Gasteiger partial charge < -0.3 is 5.32 Å². The monoisotopic (exact) mass is 294 g/mol. The van der Waals surface area contributed by atoms with E-state index in [0.29, 0.717) is 24.0 Å². The van der Waals surface area contributed by atoms with Crippen LogP contribution in [0.3, 0.4) is 0 Å². The molecule has 2 aliphatic heterocycles. The number of nitrogens with zero attached hydrogens (tertiary/aromatic N) is 1. The molecule has 2 heterocycles. The van der Waals surface area contributed by atoms with E-state index in [4.69, 9.17) is 0 Å². The lowest BCUT2D eigenvalue weighted by atomic mass is 9.97. The van der Waals surface area contributed by atoms with Gasteiger partial charge in [-0.15, -0.1) is 0 Å². The Bertz CT molecular complexity index is 585. The molecule has 0 aromatic heterocycles. The molecule has 0 spiro atoms. The Hall–Kier alpha value is -1.07. The van der Waals surface area contributed by atoms with Crippen molar-refractivity contribution in [3.8, 4) is 0 Å². The van der Waals surface area contributed by atoms with Crippen LogP contribution in [-0.4, -0.2) is 50.5 Å². The van der Waals surface area contributed by atoms with E-state index >= 15 is 0 Å². The summed E-state index contributed by atoms with van der Waals surface area (Å²) in [5.74, 6) is 1.18. The Balaban J connectivity index is 1.59. The number of anilines is 1. The molecule has 1 saturated heterocycles. The molecular weight excluding hydrogens is 272 g/mol. The largest absolute Gasteiger partial charge is 0.384 e. The van der Waals surface area contributed by atoms with Crippen molar-refractivity contribution < 1.29 is 8.42 Å². The standard InChI is InChI=1S/C15H22N2O2S/c1-12-11-20(18,19)9-8-17(12)7-6-13-10-16-15-5-3-2-4-14(13)15/h2-5,12-13,16H,6-11H2,1H3. The van der Waals surface area contributed by atoms with Gasteiger partial charge in [-0.3, -0.25) is 4.90 Å². The van der Waals surface area contributed by atoms with Crippen LogP contribution in [0.2, 0.25) is 0 Å². The van der Waals surface area contributed by atoms with Crippen molar-refractivity contribution in [2.24, 2.45) is 0 Å². The van der Waals surface area contributed by atoms with Gasteiger partial charge in [0.25, 0.3) is 0 Å². The number of nitrogens with one attached hydrogen (secondary N) is 1. The molecule has 0 saturated carbocycles. The van der Waals surface area contributed by atoms with Gasteiger partial charge in [0.2, 0.25) is 0 Å². The molecule has 20 heavy (non-hydrogen) atoms. The second-order valence-corrected chi connectivity index (χ2v) is 8.18. The number of sulfone groups is 1. The van der Waals surface area contributed by atoms with Crippen LogP contribution in [0.5, 0.6) is 0 Å². The van der Waals surface area contributed by atoms with Gasteiger partial charge in [0, 0.05) is 30.7 Å². The second-order valence-electron chi connectivity index (χ2n) is 5.95. The lowest BCUT2D eigenvalue weighted by molar-refractivity contribution is 0.219. The summed E-state index contributed by atoms with van der Waals surface area (Å²) in [7, 11) is -2.80. The first kappa shape index (κ1) is 13.9. The number of hydrogen-bond acceptors (Lipinski definition) is 4. The average molecular weight is 294 g/mol. The van der Waals surface area contributed by atoms with Crippen LogP contribution in [0.1, 0.15) is 24.8 Å². The quantitative estimate of drug-likeness (QED) is 0.922. The molecule has 2 unspecified atom stereocenters. The predicted molar refractivity (Wildman–Crippen MR) is 82.0 cm³/mol. The van der Waals surface area contributed by atoms with Crippen LogP contribution in [-0.2, 0) is 9.84 Å². The summed E-state index contributed by atoms with van der Waals surface area (Å²) in [6, 6.07) is 8.63. The average Bonchev–Trinajstić information content (AvgIpc) is 2.80. The Morgan fingerprint density at radius 3 is 2.95 bits per heavy atom. The van der Waals surface area contributed by atoms with Crippen molar-refractivity contribution in [3.05, 3.63) is 29.8 Å². The van der Waals surface area contributed by atoms with Crippen LogP contribution in [0.4, 0.5) is 5.69 Å². The molecule has 0 aliphatic carbocycles. The van der Waals surface area contributed by atoms with Gasteiger partial charge in [-0.05, 0) is 31.5 Å². The third kappa shape index (κ3) is 2.83. The molecule has 0 amide bonds. The third-order valence-corrected chi connectivity index (χ3v) is 6.31. The van der Waals surface area contributed by atoms with Gasteiger partial charge in [-0.25, -0.2) is 8.42 Å². The maximum absolute atomic E-state index is 11.6. The first-order chi connectivity index (χ1) is 9.55. The summed E-state index contributed by atoms with van der Waals surface area (Å²) in [6.07, 6.45) is 1.09. The Labute approximate surface area is 121 Å². The summed E-state index contributed by atoms with van der Waals surface area (Å²) in [5, 5.41) is 3.45. The van der Waals surface area contributed by atoms with Gasteiger partial charge in [0.15, 0.2) is 9.84 Å². The smallest absolute Gasteiger partial charge is 0.153 e. The van der Waals surface area contributed by atoms with E-state index in [1.165, 1.54) is 11.3 Å². The summed E-state index contributed by atoms with van der Waals surface area (Å²) < 4.78 is 23.2. The fourth-order valence-corrected chi connectivity index (χ4v) is 4.93. The van der Waals surface area contributed by atoms with Crippen molar-refractivity contribution in [3.63, 3.8) is 0 Å². The maximum Gasteiger partial charge on any atom is 0.153 e. The van der Waals surface area contributed by atoms with Crippen molar-refractivity contribution in [2.75, 3.05) is 36.5 Å². The number of para-hydroxylation sites is 1. The van der Waals surface area contributed by atoms with Crippen molar-refractivity contribution >= 4 is 15.5 Å². The topological polar surface area (TPSA) is 49.4 Å². The van der Waals surface area contributed by atoms with E-state index in [1.54, 1.807) is 0 Å². The van der Waals surface area contributed by atoms with Crippen LogP contribution in [0, 0.1) is 0 Å². The highest BCUT2D eigenvalue weighted by molar-refractivity contribution is 7.91. The minimum Gasteiger partial charge on any atom is -0.384 e. The number of rotatable bonds is 3. The maximum atomic E-state index is 11.6. The Kier molecular flexibility index (Phi) is 3.73. The van der Waals surface area contributed by atoms with Crippen LogP contribution < -0.4 is 5.32 Å². The van der Waals surface area contributed by atoms with E-state index < -0.39 is 9.84 Å². The molecule has 5 heteroatoms. The molecule has 1 aromatic rings. The minimum atomic E-state index is -2.80. The summed E-state index contributed by atoms with van der Waals surface area (Å²) in [5.41, 5.74) is 2.66. The molecule has 0 bridgehead atoms. The first-order valence-electron chi connectivity index (χ1n) is 7.32. The third-order valence-electron chi connectivity index (χ3n) is 4.51. The Morgan fingerprint density at radius 2 is 2.15 bits per heavy atom. The zero-order valence-electron chi connectivity index (χ0n) is 11.9. The predicted octanol–water partition coefficient (Wildman–Crippen LogP) is 1.70. The van der Waals surface area contributed by atoms with Crippen LogP contribution in [0.15, 0.2) is 24.3 Å². The fourth-order valence-electron chi connectivity index (χ4n) is 3.30. The molecule has 1 aromatic carbocycles. The highest BCUT2D eigenvalue weighted by atomic mass is 32.2. The van der Waals surface area contributed by atoms with Crippen molar-refractivity contribution in [1.82, 2.24) is 4.90 Å². The summed E-state index contributed by atoms with van der Waals surface area (Å²) >= 11 is 0. The summed E-state index contributed by atoms with van der Waals surface area (Å²) in [4.78, 5) is 2.32. The minimum absolute atomic E-state index is 0.151. The van der Waals surface area contributed by atoms with Crippen LogP contribution >= 0.6 is 0 Å². The van der Waals surface area contributed by atoms with Gasteiger partial charge in [0.1, 0.15) is 0 Å². The van der Waals surface area contributed by atoms with E-state index in [2.05, 4.69) is 34.5 Å². The molecule has 4 nitrogen and oxygen atoms in total. The SMILES string of the molecule is CC1CS(=O)(=O)CCN1CCC1CNc2ccccc21. The van der Waals surface area contributed by atoms with Gasteiger partial charge in [-0.1, -0.05) is 18.2 Å². The van der Waals surface area contributed by atoms with Crippen molar-refractivity contribution in [2.45, 2.75) is 25.3 Å². The molecule has 1 N–H and O–H groups in total. The molecule has 2 atom stereocenters. The first-order valence-corrected chi connectivity index (χ1v) is 9.14. The van der Waals surface area contributed by atoms with E-state index in [9.17, 15) is 8.42 Å². The van der Waals surface area contributed by atoms with E-state index in [0.717, 1.165) is 19.5 Å². The van der Waals surface area contributed by atoms with E-state index in [1.807, 2.05) is 6.92 Å². The fraction of sp³-hybridized carbons (Fsp3) is 0.600. The number of hydrogen-bond donors (Lipinski definition) is 1. The van der Waals surface area contributed by atoms with Gasteiger partial charge >= 0.3 is 0 Å². The molecule has 0 radical (unpaired) electrons. The molecular formula is C15H22N2O2S. The lowest BCUT2D eigenvalue weighted by Gasteiger charge is -2.33.